The largest absolute Gasteiger partial charge is 0.466 e. The lowest BCUT2D eigenvalue weighted by Crippen LogP contribution is -2.61. The fourth-order valence-electron chi connectivity index (χ4n) is 6.13. The van der Waals surface area contributed by atoms with E-state index in [4.69, 9.17) is 10.5 Å². The number of esters is 1. The van der Waals surface area contributed by atoms with Gasteiger partial charge in [0.05, 0.1) is 41.3 Å². The second-order valence-corrected chi connectivity index (χ2v) is 11.2. The quantitative estimate of drug-likeness (QED) is 0.198. The number of nitriles is 1. The van der Waals surface area contributed by atoms with Crippen molar-refractivity contribution in [2.45, 2.75) is 24.9 Å². The molecule has 1 aliphatic heterocycles. The zero-order chi connectivity index (χ0) is 33.7. The number of nitrogens with two attached hydrogens (primary N) is 1. The van der Waals surface area contributed by atoms with Gasteiger partial charge in [-0.05, 0) is 48.4 Å². The maximum Gasteiger partial charge on any atom is 0.419 e. The van der Waals surface area contributed by atoms with Gasteiger partial charge >= 0.3 is 18.2 Å². The Morgan fingerprint density at radius 3 is 2.47 bits per heavy atom. The van der Waals surface area contributed by atoms with E-state index in [1.54, 1.807) is 71.8 Å². The maximum atomic E-state index is 13.6. The number of carbonyl (C=O) groups is 2. The van der Waals surface area contributed by atoms with Gasteiger partial charge in [-0.3, -0.25) is 14.3 Å². The van der Waals surface area contributed by atoms with Gasteiger partial charge in [0.15, 0.2) is 0 Å². The van der Waals surface area contributed by atoms with Gasteiger partial charge in [-0.15, -0.1) is 4.99 Å². The van der Waals surface area contributed by atoms with Gasteiger partial charge in [-0.2, -0.15) is 18.4 Å². The van der Waals surface area contributed by atoms with Crippen molar-refractivity contribution in [3.05, 3.63) is 77.7 Å². The molecule has 1 aliphatic rings. The number of fused-ring (bicyclic) bond motifs is 3. The standard InChI is InChI=1S/C32H27F3N8O4/c1-3-47-26(44)12-31(15-42(16-31)30(45)46)20-5-7-21(8-6-20)43-27-22-10-18(19-11-23(32(33,34)35)28(37)39-13-19)4-9-24(22)38-14-25(27)41(2)29(43)40-17-36/h4-11,13-14H,3,12,15-16H2,1-2H3,(H2,37,39)(H,45,46)/b40-29-. The molecule has 15 heteroatoms. The van der Waals surface area contributed by atoms with E-state index < -0.39 is 35.0 Å². The molecule has 12 nitrogen and oxygen atoms in total. The van der Waals surface area contributed by atoms with Gasteiger partial charge in [0.25, 0.3) is 0 Å². The summed E-state index contributed by atoms with van der Waals surface area (Å²) in [6.45, 7) is 2.13. The van der Waals surface area contributed by atoms with E-state index in [-0.39, 0.29) is 37.3 Å². The molecule has 0 radical (unpaired) electrons. The highest BCUT2D eigenvalue weighted by Gasteiger charge is 2.48. The van der Waals surface area contributed by atoms with E-state index in [0.717, 1.165) is 11.6 Å². The fourth-order valence-corrected chi connectivity index (χ4v) is 6.13. The van der Waals surface area contributed by atoms with Crippen LogP contribution in [-0.4, -0.2) is 60.9 Å². The van der Waals surface area contributed by atoms with Gasteiger partial charge in [0.2, 0.25) is 11.8 Å². The Kier molecular flexibility index (Phi) is 7.58. The second kappa shape index (κ2) is 11.5. The van der Waals surface area contributed by atoms with Crippen molar-refractivity contribution in [3.8, 4) is 23.0 Å². The average Bonchev–Trinajstić information content (AvgIpc) is 3.30. The summed E-state index contributed by atoms with van der Waals surface area (Å²) < 4.78 is 49.4. The van der Waals surface area contributed by atoms with Crippen LogP contribution in [0.15, 0.2) is 65.9 Å². The number of imidazole rings is 1. The van der Waals surface area contributed by atoms with Crippen LogP contribution in [0.1, 0.15) is 24.5 Å². The number of likely N-dealkylation sites (tertiary alicyclic amines) is 1. The van der Waals surface area contributed by atoms with Crippen molar-refractivity contribution >= 4 is 39.8 Å². The van der Waals surface area contributed by atoms with E-state index in [0.29, 0.717) is 33.2 Å². The highest BCUT2D eigenvalue weighted by Crippen LogP contribution is 2.39. The number of carbonyl (C=O) groups excluding carboxylic acids is 1. The third-order valence-corrected chi connectivity index (χ3v) is 8.40. The summed E-state index contributed by atoms with van der Waals surface area (Å²) in [5.41, 5.74) is 7.62. The number of benzene rings is 2. The van der Waals surface area contributed by atoms with Gasteiger partial charge < -0.3 is 25.0 Å². The number of aryl methyl sites for hydroxylation is 1. The average molecular weight is 645 g/mol. The van der Waals surface area contributed by atoms with Crippen LogP contribution in [0.5, 0.6) is 0 Å². The molecule has 4 heterocycles. The molecule has 0 aliphatic carbocycles. The normalized spacial score (nSPS) is 14.6. The number of alkyl halides is 3. The molecule has 6 rings (SSSR count). The minimum atomic E-state index is -4.69. The van der Waals surface area contributed by atoms with Crippen molar-refractivity contribution in [3.63, 3.8) is 0 Å². The number of amides is 1. The van der Waals surface area contributed by atoms with Crippen LogP contribution in [0.3, 0.4) is 0 Å². The molecule has 0 bridgehead atoms. The third-order valence-electron chi connectivity index (χ3n) is 8.40. The SMILES string of the molecule is CCOC(=O)CC1(c2ccc(-n3/c(=N\C#N)n(C)c4cnc5ccc(-c6cnc(N)c(C(F)(F)F)c6)cc5c43)cc2)CN(C(=O)O)C1. The predicted molar refractivity (Wildman–Crippen MR) is 164 cm³/mol. The van der Waals surface area contributed by atoms with E-state index in [2.05, 4.69) is 15.0 Å². The van der Waals surface area contributed by atoms with Crippen LogP contribution in [0.4, 0.5) is 23.8 Å². The maximum absolute atomic E-state index is 13.6. The fraction of sp³-hybridized carbons (Fsp3) is 0.250. The molecule has 240 valence electrons. The first-order valence-electron chi connectivity index (χ1n) is 14.4. The van der Waals surface area contributed by atoms with E-state index in [1.807, 2.05) is 6.19 Å². The Bertz CT molecular complexity index is 2180. The molecule has 0 spiro atoms. The Labute approximate surface area is 264 Å². The molecule has 2 aromatic carbocycles. The van der Waals surface area contributed by atoms with Crippen LogP contribution in [0.2, 0.25) is 0 Å². The summed E-state index contributed by atoms with van der Waals surface area (Å²) in [5.74, 6) is -1.06. The van der Waals surface area contributed by atoms with Crippen LogP contribution in [0, 0.1) is 11.5 Å². The van der Waals surface area contributed by atoms with Gasteiger partial charge in [-0.25, -0.2) is 9.78 Å². The Morgan fingerprint density at radius 1 is 1.11 bits per heavy atom. The molecule has 3 N–H and O–H groups in total. The molecule has 5 aromatic rings. The molecule has 0 saturated carbocycles. The molecular formula is C32H27F3N8O4. The van der Waals surface area contributed by atoms with E-state index >= 15 is 0 Å². The molecule has 47 heavy (non-hydrogen) atoms. The molecule has 0 unspecified atom stereocenters. The lowest BCUT2D eigenvalue weighted by molar-refractivity contribution is -0.146. The van der Waals surface area contributed by atoms with Crippen molar-refractivity contribution in [2.24, 2.45) is 12.0 Å². The van der Waals surface area contributed by atoms with Crippen molar-refractivity contribution in [1.82, 2.24) is 24.0 Å². The van der Waals surface area contributed by atoms with Gasteiger partial charge in [0, 0.05) is 48.4 Å². The van der Waals surface area contributed by atoms with Crippen molar-refractivity contribution < 1.29 is 32.6 Å². The zero-order valence-electron chi connectivity index (χ0n) is 25.1. The molecular weight excluding hydrogens is 617 g/mol. The number of halogens is 3. The number of ether oxygens (including phenoxy) is 1. The Hall–Kier alpha value is -5.91. The first-order chi connectivity index (χ1) is 22.4. The van der Waals surface area contributed by atoms with E-state index in [1.165, 1.54) is 11.1 Å². The Morgan fingerprint density at radius 2 is 1.83 bits per heavy atom. The molecule has 3 aromatic heterocycles. The predicted octanol–water partition coefficient (Wildman–Crippen LogP) is 4.75. The van der Waals surface area contributed by atoms with Gasteiger partial charge in [0.1, 0.15) is 5.82 Å². The molecule has 1 fully saturated rings. The van der Waals surface area contributed by atoms with Gasteiger partial charge in [-0.1, -0.05) is 18.2 Å². The summed E-state index contributed by atoms with van der Waals surface area (Å²) in [7, 11) is 1.71. The summed E-state index contributed by atoms with van der Waals surface area (Å²) in [4.78, 5) is 37.7. The minimum Gasteiger partial charge on any atom is -0.466 e. The number of nitrogen functional groups attached to an aromatic ring is 1. The highest BCUT2D eigenvalue weighted by atomic mass is 19.4. The highest BCUT2D eigenvalue weighted by molar-refractivity contribution is 6.04. The van der Waals surface area contributed by atoms with Crippen LogP contribution < -0.4 is 11.4 Å². The van der Waals surface area contributed by atoms with Crippen molar-refractivity contribution in [2.75, 3.05) is 25.4 Å². The number of pyridine rings is 2. The summed E-state index contributed by atoms with van der Waals surface area (Å²) >= 11 is 0. The number of carboxylic acid groups (broad SMARTS) is 1. The topological polar surface area (TPSA) is 165 Å². The second-order valence-electron chi connectivity index (χ2n) is 11.2. The number of nitrogens with zero attached hydrogens (tertiary/aromatic N) is 7. The monoisotopic (exact) mass is 644 g/mol. The summed E-state index contributed by atoms with van der Waals surface area (Å²) in [6.07, 6.45) is -1.06. The summed E-state index contributed by atoms with van der Waals surface area (Å²) in [6, 6.07) is 13.1. The lowest BCUT2D eigenvalue weighted by Gasteiger charge is -2.48. The zero-order valence-corrected chi connectivity index (χ0v) is 25.1. The minimum absolute atomic E-state index is 0.00444. The number of hydrogen-bond donors (Lipinski definition) is 2. The first kappa shape index (κ1) is 31.1. The third kappa shape index (κ3) is 5.37. The number of anilines is 1. The smallest absolute Gasteiger partial charge is 0.419 e. The van der Waals surface area contributed by atoms with Crippen molar-refractivity contribution in [1.29, 1.82) is 5.26 Å². The van der Waals surface area contributed by atoms with Crippen LogP contribution in [0.25, 0.3) is 38.8 Å². The van der Waals surface area contributed by atoms with Crippen LogP contribution in [-0.2, 0) is 28.2 Å². The molecule has 1 saturated heterocycles. The van der Waals surface area contributed by atoms with Crippen LogP contribution >= 0.6 is 0 Å². The Balaban J connectivity index is 1.52. The molecule has 0 atom stereocenters. The number of rotatable bonds is 6. The first-order valence-corrected chi connectivity index (χ1v) is 14.4. The lowest BCUT2D eigenvalue weighted by atomic mass is 9.71. The van der Waals surface area contributed by atoms with E-state index in [9.17, 15) is 33.1 Å². The molecule has 1 amide bonds. The number of aromatic nitrogens is 4. The number of hydrogen-bond acceptors (Lipinski definition) is 8. The summed E-state index contributed by atoms with van der Waals surface area (Å²) in [5, 5.41) is 19.6.